The van der Waals surface area contributed by atoms with Crippen LogP contribution in [-0.4, -0.2) is 8.41 Å². The summed E-state index contributed by atoms with van der Waals surface area (Å²) in [6, 6.07) is 0. The highest BCUT2D eigenvalue weighted by atomic mass is 13.7. The zero-order valence-electron chi connectivity index (χ0n) is 5.15. The van der Waals surface area contributed by atoms with Gasteiger partial charge in [-0.15, -0.1) is 0 Å². The van der Waals surface area contributed by atoms with Gasteiger partial charge in [-0.3, -0.25) is 0 Å². The van der Waals surface area contributed by atoms with E-state index in [9.17, 15) is 0 Å². The molecule has 0 bridgehead atoms. The van der Waals surface area contributed by atoms with Gasteiger partial charge in [-0.2, -0.15) is 0 Å². The number of hydrogen-bond donors (Lipinski definition) is 0. The molecule has 0 atom stereocenters. The second-order valence-corrected chi connectivity index (χ2v) is 1.29. The topological polar surface area (TPSA) is 0 Å². The van der Waals surface area contributed by atoms with E-state index < -0.39 is 0 Å². The molecule has 7 heavy (non-hydrogen) atoms. The quantitative estimate of drug-likeness (QED) is 0.363. The average Bonchev–Trinajstić information content (AvgIpc) is 1.61. The van der Waals surface area contributed by atoms with E-state index >= 15 is 0 Å². The van der Waals surface area contributed by atoms with Crippen LogP contribution in [0.5, 0.6) is 0 Å². The van der Waals surface area contributed by atoms with Crippen molar-refractivity contribution >= 4 is 8.41 Å². The summed E-state index contributed by atoms with van der Waals surface area (Å²) in [6.07, 6.45) is 6.71. The summed E-state index contributed by atoms with van der Waals surface area (Å²) in [4.78, 5) is 0. The molecule has 0 rings (SSSR count). The second kappa shape index (κ2) is 9.26. The maximum atomic E-state index is 2.18. The first-order valence-corrected chi connectivity index (χ1v) is 2.56. The first-order chi connectivity index (χ1) is 2.91. The van der Waals surface area contributed by atoms with E-state index in [1.807, 2.05) is 0 Å². The lowest BCUT2D eigenvalue weighted by molar-refractivity contribution is 1.16. The molecule has 0 nitrogen and oxygen atoms in total. The first-order valence-electron chi connectivity index (χ1n) is 2.56. The third kappa shape index (κ3) is 10.7. The minimum Gasteiger partial charge on any atom is -0.0888 e. The van der Waals surface area contributed by atoms with E-state index in [1.54, 1.807) is 0 Å². The molecule has 0 aromatic heterocycles. The van der Waals surface area contributed by atoms with Gasteiger partial charge in [0.05, 0.1) is 0 Å². The van der Waals surface area contributed by atoms with Crippen LogP contribution in [0, 0.1) is 0 Å². The Bertz CT molecular complexity index is 33.4. The van der Waals surface area contributed by atoms with E-state index in [-0.39, 0.29) is 8.41 Å². The summed E-state index contributed by atoms with van der Waals surface area (Å²) in [6.45, 7) is 4.29. The third-order valence-electron chi connectivity index (χ3n) is 0.638. The minimum atomic E-state index is 0. The summed E-state index contributed by atoms with van der Waals surface area (Å²) in [5.74, 6) is 0. The molecule has 0 fully saturated rings. The van der Waals surface area contributed by atoms with Crippen LogP contribution in [0.3, 0.4) is 0 Å². The summed E-state index contributed by atoms with van der Waals surface area (Å²) in [5.41, 5.74) is 0. The van der Waals surface area contributed by atoms with Crippen molar-refractivity contribution in [1.82, 2.24) is 0 Å². The van der Waals surface area contributed by atoms with E-state index in [0.717, 1.165) is 0 Å². The molecule has 0 unspecified atom stereocenters. The molecule has 0 N–H and O–H groups in total. The maximum Gasteiger partial charge on any atom is 0 e. The van der Waals surface area contributed by atoms with Crippen LogP contribution in [0.25, 0.3) is 0 Å². The van der Waals surface area contributed by atoms with Crippen molar-refractivity contribution in [3.8, 4) is 0 Å². The molecular formula is C6H12B. The van der Waals surface area contributed by atoms with E-state index in [4.69, 9.17) is 0 Å². The van der Waals surface area contributed by atoms with Crippen molar-refractivity contribution in [3.05, 3.63) is 12.2 Å². The van der Waals surface area contributed by atoms with Gasteiger partial charge >= 0.3 is 0 Å². The van der Waals surface area contributed by atoms with Crippen LogP contribution in [0.2, 0.25) is 0 Å². The van der Waals surface area contributed by atoms with Crippen molar-refractivity contribution in [2.45, 2.75) is 26.7 Å². The van der Waals surface area contributed by atoms with Crippen LogP contribution in [0.4, 0.5) is 0 Å². The van der Waals surface area contributed by atoms with E-state index in [0.29, 0.717) is 0 Å². The molecule has 0 aromatic carbocycles. The summed E-state index contributed by atoms with van der Waals surface area (Å²) >= 11 is 0. The summed E-state index contributed by atoms with van der Waals surface area (Å²) in [5, 5.41) is 0. The standard InChI is InChI=1S/C6H12.B/c1-3-5-6-4-2;/h5-6H,3-4H2,1-2H3;/b6-5-;. The minimum absolute atomic E-state index is 0. The van der Waals surface area contributed by atoms with Gasteiger partial charge in [-0.05, 0) is 12.8 Å². The zero-order valence-corrected chi connectivity index (χ0v) is 5.15. The van der Waals surface area contributed by atoms with E-state index in [2.05, 4.69) is 26.0 Å². The molecule has 0 aliphatic carbocycles. The van der Waals surface area contributed by atoms with Gasteiger partial charge in [0.25, 0.3) is 0 Å². The van der Waals surface area contributed by atoms with Crippen LogP contribution < -0.4 is 0 Å². The Balaban J connectivity index is 0. The van der Waals surface area contributed by atoms with Crippen molar-refractivity contribution in [3.63, 3.8) is 0 Å². The number of rotatable bonds is 2. The molecule has 0 heterocycles. The largest absolute Gasteiger partial charge is 0.0888 e. The van der Waals surface area contributed by atoms with Crippen molar-refractivity contribution in [2.24, 2.45) is 0 Å². The average molecular weight is 95.0 g/mol. The molecule has 0 amide bonds. The van der Waals surface area contributed by atoms with Gasteiger partial charge in [0.1, 0.15) is 0 Å². The molecule has 0 spiro atoms. The van der Waals surface area contributed by atoms with Gasteiger partial charge in [0.2, 0.25) is 0 Å². The second-order valence-electron chi connectivity index (χ2n) is 1.29. The van der Waals surface area contributed by atoms with Crippen molar-refractivity contribution in [2.75, 3.05) is 0 Å². The fraction of sp³-hybridized carbons (Fsp3) is 0.667. The SMILES string of the molecule is CC/C=C\CC.[B]. The van der Waals surface area contributed by atoms with Gasteiger partial charge in [0, 0.05) is 8.41 Å². The van der Waals surface area contributed by atoms with Crippen LogP contribution in [-0.2, 0) is 0 Å². The Hall–Kier alpha value is -0.195. The molecule has 0 saturated carbocycles. The predicted octanol–water partition coefficient (Wildman–Crippen LogP) is 1.98. The number of hydrogen-bond acceptors (Lipinski definition) is 0. The van der Waals surface area contributed by atoms with Gasteiger partial charge in [-0.25, -0.2) is 0 Å². The van der Waals surface area contributed by atoms with Crippen molar-refractivity contribution in [1.29, 1.82) is 0 Å². The predicted molar refractivity (Wildman–Crippen MR) is 35.5 cm³/mol. The Labute approximate surface area is 48.2 Å². The molecule has 3 radical (unpaired) electrons. The van der Waals surface area contributed by atoms with Crippen molar-refractivity contribution < 1.29 is 0 Å². The Morgan fingerprint density at radius 3 is 1.43 bits per heavy atom. The smallest absolute Gasteiger partial charge is 0 e. The first kappa shape index (κ1) is 9.93. The molecule has 39 valence electrons. The maximum absolute atomic E-state index is 2.18. The highest BCUT2D eigenvalue weighted by Crippen LogP contribution is 1.81. The van der Waals surface area contributed by atoms with Gasteiger partial charge in [0.15, 0.2) is 0 Å². The molecule has 0 aliphatic rings. The monoisotopic (exact) mass is 95.1 g/mol. The lowest BCUT2D eigenvalue weighted by Crippen LogP contribution is -1.51. The van der Waals surface area contributed by atoms with Gasteiger partial charge in [-0.1, -0.05) is 26.0 Å². The lowest BCUT2D eigenvalue weighted by atomic mass is 10.4. The molecule has 1 heteroatoms. The Kier molecular flexibility index (Phi) is 13.1. The number of allylic oxidation sites excluding steroid dienone is 2. The summed E-state index contributed by atoms with van der Waals surface area (Å²) < 4.78 is 0. The lowest BCUT2D eigenvalue weighted by Gasteiger charge is -1.72. The van der Waals surface area contributed by atoms with E-state index in [1.165, 1.54) is 12.8 Å². The van der Waals surface area contributed by atoms with Gasteiger partial charge < -0.3 is 0 Å². The van der Waals surface area contributed by atoms with Crippen LogP contribution in [0.15, 0.2) is 12.2 Å². The van der Waals surface area contributed by atoms with Crippen LogP contribution in [0.1, 0.15) is 26.7 Å². The Morgan fingerprint density at radius 2 is 1.29 bits per heavy atom. The molecule has 0 saturated heterocycles. The highest BCUT2D eigenvalue weighted by Gasteiger charge is 1.60. The normalized spacial score (nSPS) is 8.86. The van der Waals surface area contributed by atoms with Crippen LogP contribution >= 0.6 is 0 Å². The summed E-state index contributed by atoms with van der Waals surface area (Å²) in [7, 11) is 0. The molecular weight excluding hydrogens is 82.9 g/mol. The fourth-order valence-corrected chi connectivity index (χ4v) is 0.333. The Morgan fingerprint density at radius 1 is 1.00 bits per heavy atom. The highest BCUT2D eigenvalue weighted by molar-refractivity contribution is 5.75. The molecule has 0 aliphatic heterocycles. The zero-order chi connectivity index (χ0) is 4.83. The fourth-order valence-electron chi connectivity index (χ4n) is 0.333. The molecule has 0 aromatic rings. The third-order valence-corrected chi connectivity index (χ3v) is 0.638.